The molecular weight excluding hydrogens is 641 g/mol. The number of aromatic nitrogens is 4. The molecular formula is C46H26N4O2. The minimum Gasteiger partial charge on any atom is -0.268 e. The average Bonchev–Trinajstić information content (AvgIpc) is 3.80. The Hall–Kier alpha value is -7.18. The molecule has 11 aromatic rings. The van der Waals surface area contributed by atoms with Gasteiger partial charge < -0.3 is 0 Å². The Morgan fingerprint density at radius 3 is 1.19 bits per heavy atom. The molecule has 0 unspecified atom stereocenters. The highest BCUT2D eigenvalue weighted by molar-refractivity contribution is 6.19. The lowest BCUT2D eigenvalue weighted by Gasteiger charge is -2.14. The quantitative estimate of drug-likeness (QED) is 0.175. The van der Waals surface area contributed by atoms with E-state index in [1.54, 1.807) is 8.80 Å². The highest BCUT2D eigenvalue weighted by atomic mass is 16.1. The number of fused-ring (bicyclic) bond motifs is 4. The first-order valence-electron chi connectivity index (χ1n) is 17.3. The van der Waals surface area contributed by atoms with Gasteiger partial charge in [0.2, 0.25) is 0 Å². The van der Waals surface area contributed by atoms with E-state index in [0.717, 1.165) is 77.0 Å². The lowest BCUT2D eigenvalue weighted by Crippen LogP contribution is -2.14. The molecule has 4 aromatic heterocycles. The summed E-state index contributed by atoms with van der Waals surface area (Å²) < 4.78 is 3.57. The predicted molar refractivity (Wildman–Crippen MR) is 211 cm³/mol. The zero-order chi connectivity index (χ0) is 34.5. The maximum atomic E-state index is 14.2. The minimum absolute atomic E-state index is 0.0811. The molecule has 0 aliphatic carbocycles. The van der Waals surface area contributed by atoms with Gasteiger partial charge in [-0.2, -0.15) is 0 Å². The third-order valence-electron chi connectivity index (χ3n) is 10.4. The van der Waals surface area contributed by atoms with Gasteiger partial charge in [0.1, 0.15) is 11.6 Å². The zero-order valence-corrected chi connectivity index (χ0v) is 27.6. The molecule has 0 saturated carbocycles. The van der Waals surface area contributed by atoms with Crippen molar-refractivity contribution in [2.75, 3.05) is 0 Å². The molecule has 0 fully saturated rings. The zero-order valence-electron chi connectivity index (χ0n) is 27.6. The highest BCUT2D eigenvalue weighted by Gasteiger charge is 2.23. The number of hydrogen-bond donors (Lipinski definition) is 0. The van der Waals surface area contributed by atoms with Gasteiger partial charge in [-0.05, 0) is 63.4 Å². The number of hydrogen-bond acceptors (Lipinski definition) is 4. The Balaban J connectivity index is 1.20. The Labute approximate surface area is 295 Å². The summed E-state index contributed by atoms with van der Waals surface area (Å²) in [5.41, 5.74) is 8.83. The van der Waals surface area contributed by atoms with E-state index in [1.165, 1.54) is 0 Å². The Morgan fingerprint density at radius 1 is 0.365 bits per heavy atom. The van der Waals surface area contributed by atoms with Crippen molar-refractivity contribution in [2.45, 2.75) is 0 Å². The number of imidazole rings is 2. The van der Waals surface area contributed by atoms with E-state index in [0.29, 0.717) is 22.4 Å². The Bertz CT molecular complexity index is 3110. The van der Waals surface area contributed by atoms with E-state index in [2.05, 4.69) is 36.4 Å². The summed E-state index contributed by atoms with van der Waals surface area (Å²) >= 11 is 0. The second-order valence-electron chi connectivity index (χ2n) is 13.3. The van der Waals surface area contributed by atoms with Crippen LogP contribution < -0.4 is 11.1 Å². The van der Waals surface area contributed by atoms with Crippen molar-refractivity contribution in [3.05, 3.63) is 178 Å². The van der Waals surface area contributed by atoms with E-state index in [4.69, 9.17) is 9.97 Å². The van der Waals surface area contributed by atoms with Gasteiger partial charge in [0, 0.05) is 32.7 Å². The first kappa shape index (κ1) is 28.6. The van der Waals surface area contributed by atoms with E-state index >= 15 is 0 Å². The number of pyridine rings is 2. The first-order valence-corrected chi connectivity index (χ1v) is 17.3. The van der Waals surface area contributed by atoms with Gasteiger partial charge in [-0.15, -0.1) is 0 Å². The largest absolute Gasteiger partial charge is 0.268 e. The summed E-state index contributed by atoms with van der Waals surface area (Å²) in [6.07, 6.45) is 0. The van der Waals surface area contributed by atoms with Crippen LogP contribution in [0.5, 0.6) is 0 Å². The second kappa shape index (κ2) is 10.7. The van der Waals surface area contributed by atoms with Crippen LogP contribution in [0, 0.1) is 0 Å². The minimum atomic E-state index is -0.0811. The molecule has 4 heterocycles. The van der Waals surface area contributed by atoms with Gasteiger partial charge in [-0.25, -0.2) is 9.97 Å². The van der Waals surface area contributed by atoms with Gasteiger partial charge in [0.25, 0.3) is 11.1 Å². The molecule has 0 spiro atoms. The fourth-order valence-corrected chi connectivity index (χ4v) is 8.19. The summed E-state index contributed by atoms with van der Waals surface area (Å²) in [5, 5.41) is 5.05. The summed E-state index contributed by atoms with van der Waals surface area (Å²) in [6.45, 7) is 0. The smallest absolute Gasteiger partial charge is 0.264 e. The number of rotatable bonds is 4. The third-order valence-corrected chi connectivity index (χ3v) is 10.4. The normalized spacial score (nSPS) is 12.0. The van der Waals surface area contributed by atoms with Gasteiger partial charge in [0.05, 0.1) is 22.1 Å². The molecule has 0 bridgehead atoms. The van der Waals surface area contributed by atoms with Crippen molar-refractivity contribution in [1.82, 2.24) is 18.8 Å². The van der Waals surface area contributed by atoms with Gasteiger partial charge in [0.15, 0.2) is 0 Å². The van der Waals surface area contributed by atoms with Crippen LogP contribution in [0.1, 0.15) is 0 Å². The predicted octanol–water partition coefficient (Wildman–Crippen LogP) is 9.86. The maximum Gasteiger partial charge on any atom is 0.264 e. The molecule has 0 N–H and O–H groups in total. The lowest BCUT2D eigenvalue weighted by atomic mass is 9.91. The second-order valence-corrected chi connectivity index (χ2v) is 13.3. The SMILES string of the molecule is O=c1c2ccccc2c2c(-c3cccc(-c4ccc5nc(-c6ccccc6)n6c(=O)c7ccccc7c4c56)c3)ccc3nc(-c4ccccc4)n1c32. The molecule has 0 amide bonds. The van der Waals surface area contributed by atoms with Crippen molar-refractivity contribution in [3.63, 3.8) is 0 Å². The van der Waals surface area contributed by atoms with Crippen molar-refractivity contribution >= 4 is 54.4 Å². The average molecular weight is 667 g/mol. The van der Waals surface area contributed by atoms with Crippen LogP contribution in [0.15, 0.2) is 167 Å². The standard InChI is InChI=1S/C46H26N4O2/c51-45-35-20-9-7-18-33(35)39-31(22-24-37-41(39)49(45)43(47-37)27-12-3-1-4-13-27)29-16-11-17-30(26-29)32-23-25-38-42-40(32)34-19-8-10-21-36(34)46(52)50(42)44(48-38)28-14-5-2-6-15-28/h1-26H. The molecule has 0 aliphatic rings. The molecule has 0 aliphatic heterocycles. The van der Waals surface area contributed by atoms with E-state index in [-0.39, 0.29) is 11.1 Å². The van der Waals surface area contributed by atoms with Crippen molar-refractivity contribution in [1.29, 1.82) is 0 Å². The van der Waals surface area contributed by atoms with Gasteiger partial charge in [-0.1, -0.05) is 127 Å². The van der Waals surface area contributed by atoms with E-state index < -0.39 is 0 Å². The van der Waals surface area contributed by atoms with Crippen LogP contribution in [0.25, 0.3) is 99.4 Å². The third kappa shape index (κ3) is 3.89. The Morgan fingerprint density at radius 2 is 0.750 bits per heavy atom. The Kier molecular flexibility index (Phi) is 5.87. The summed E-state index contributed by atoms with van der Waals surface area (Å²) in [4.78, 5) is 38.3. The molecule has 0 atom stereocenters. The molecule has 6 heteroatoms. The molecule has 7 aromatic carbocycles. The van der Waals surface area contributed by atoms with Crippen LogP contribution in [-0.4, -0.2) is 18.8 Å². The van der Waals surface area contributed by atoms with Crippen molar-refractivity contribution in [2.24, 2.45) is 0 Å². The monoisotopic (exact) mass is 666 g/mol. The molecule has 11 rings (SSSR count). The number of benzene rings is 7. The number of nitrogens with zero attached hydrogens (tertiary/aromatic N) is 4. The first-order chi connectivity index (χ1) is 25.7. The lowest BCUT2D eigenvalue weighted by molar-refractivity contribution is 1.13. The van der Waals surface area contributed by atoms with E-state index in [1.807, 2.05) is 121 Å². The summed E-state index contributed by atoms with van der Waals surface area (Å²) in [6, 6.07) is 52.3. The highest BCUT2D eigenvalue weighted by Crippen LogP contribution is 2.41. The molecule has 0 saturated heterocycles. The van der Waals surface area contributed by atoms with Crippen molar-refractivity contribution < 1.29 is 0 Å². The van der Waals surface area contributed by atoms with Crippen LogP contribution in [-0.2, 0) is 0 Å². The molecule has 242 valence electrons. The van der Waals surface area contributed by atoms with Crippen LogP contribution in [0.3, 0.4) is 0 Å². The fraction of sp³-hybridized carbons (Fsp3) is 0. The van der Waals surface area contributed by atoms with E-state index in [9.17, 15) is 9.59 Å². The van der Waals surface area contributed by atoms with Crippen LogP contribution >= 0.6 is 0 Å². The van der Waals surface area contributed by atoms with Gasteiger partial charge in [-0.3, -0.25) is 18.4 Å². The van der Waals surface area contributed by atoms with Crippen LogP contribution in [0.2, 0.25) is 0 Å². The van der Waals surface area contributed by atoms with Gasteiger partial charge >= 0.3 is 0 Å². The summed E-state index contributed by atoms with van der Waals surface area (Å²) in [5.74, 6) is 1.27. The fourth-order valence-electron chi connectivity index (χ4n) is 8.19. The topological polar surface area (TPSA) is 68.7 Å². The molecule has 6 nitrogen and oxygen atoms in total. The summed E-state index contributed by atoms with van der Waals surface area (Å²) in [7, 11) is 0. The van der Waals surface area contributed by atoms with Crippen LogP contribution in [0.4, 0.5) is 0 Å². The van der Waals surface area contributed by atoms with Crippen molar-refractivity contribution in [3.8, 4) is 45.0 Å². The maximum absolute atomic E-state index is 14.2. The molecule has 0 radical (unpaired) electrons. The molecule has 52 heavy (non-hydrogen) atoms.